The van der Waals surface area contributed by atoms with Crippen molar-refractivity contribution in [3.05, 3.63) is 23.3 Å². The van der Waals surface area contributed by atoms with Crippen molar-refractivity contribution >= 4 is 5.78 Å². The average Bonchev–Trinajstić information content (AvgIpc) is 2.10. The molecule has 0 N–H and O–H groups in total. The lowest BCUT2D eigenvalue weighted by atomic mass is 9.68. The highest BCUT2D eigenvalue weighted by Gasteiger charge is 2.31. The first-order chi connectivity index (χ1) is 6.84. The molecule has 84 valence electrons. The minimum absolute atomic E-state index is 0.184. The average molecular weight is 206 g/mol. The molecule has 0 radical (unpaired) electrons. The van der Waals surface area contributed by atoms with E-state index in [-0.39, 0.29) is 11.2 Å². The first-order valence-electron chi connectivity index (χ1n) is 5.70. The Bertz CT molecular complexity index is 318. The van der Waals surface area contributed by atoms with Gasteiger partial charge in [-0.3, -0.25) is 4.79 Å². The van der Waals surface area contributed by atoms with E-state index in [9.17, 15) is 4.79 Å². The zero-order valence-electron chi connectivity index (χ0n) is 10.6. The normalized spacial score (nSPS) is 26.1. The largest absolute Gasteiger partial charge is 0.295 e. The maximum atomic E-state index is 11.2. The number of carbonyl (C=O) groups is 1. The number of hydrogen-bond acceptors (Lipinski definition) is 1. The molecule has 0 unspecified atom stereocenters. The number of ketones is 1. The van der Waals surface area contributed by atoms with E-state index in [2.05, 4.69) is 32.9 Å². The quantitative estimate of drug-likeness (QED) is 0.494. The van der Waals surface area contributed by atoms with Crippen LogP contribution in [-0.2, 0) is 4.79 Å². The van der Waals surface area contributed by atoms with Gasteiger partial charge in [0, 0.05) is 5.92 Å². The highest BCUT2D eigenvalue weighted by atomic mass is 16.1. The van der Waals surface area contributed by atoms with Crippen molar-refractivity contribution in [3.8, 4) is 0 Å². The summed E-state index contributed by atoms with van der Waals surface area (Å²) >= 11 is 0. The van der Waals surface area contributed by atoms with E-state index in [4.69, 9.17) is 0 Å². The van der Waals surface area contributed by atoms with Crippen LogP contribution in [0.1, 0.15) is 47.5 Å². The van der Waals surface area contributed by atoms with Gasteiger partial charge in [0.1, 0.15) is 0 Å². The number of rotatable bonds is 2. The lowest BCUT2D eigenvalue weighted by Gasteiger charge is -2.37. The highest BCUT2D eigenvalue weighted by molar-refractivity contribution is 5.92. The second-order valence-electron chi connectivity index (χ2n) is 5.36. The molecule has 1 atom stereocenters. The fourth-order valence-corrected chi connectivity index (χ4v) is 2.30. The van der Waals surface area contributed by atoms with Crippen LogP contribution in [0.15, 0.2) is 23.3 Å². The van der Waals surface area contributed by atoms with Gasteiger partial charge in [-0.1, -0.05) is 31.6 Å². The SMILES string of the molecule is CC(=O)/C(C)=C\[C@@H]1C(C)=CCCC1(C)C. The monoisotopic (exact) mass is 206 g/mol. The van der Waals surface area contributed by atoms with Crippen molar-refractivity contribution in [2.24, 2.45) is 11.3 Å². The fourth-order valence-electron chi connectivity index (χ4n) is 2.30. The third-order valence-corrected chi connectivity index (χ3v) is 3.56. The van der Waals surface area contributed by atoms with Crippen molar-refractivity contribution in [2.45, 2.75) is 47.5 Å². The molecule has 0 aromatic carbocycles. The number of carbonyl (C=O) groups excluding carboxylic acids is 1. The molecule has 0 amide bonds. The number of hydrogen-bond donors (Lipinski definition) is 0. The van der Waals surface area contributed by atoms with Gasteiger partial charge < -0.3 is 0 Å². The highest BCUT2D eigenvalue weighted by Crippen LogP contribution is 2.42. The lowest BCUT2D eigenvalue weighted by Crippen LogP contribution is -2.26. The topological polar surface area (TPSA) is 17.1 Å². The van der Waals surface area contributed by atoms with E-state index >= 15 is 0 Å². The molecule has 1 aliphatic carbocycles. The van der Waals surface area contributed by atoms with Crippen LogP contribution in [0.4, 0.5) is 0 Å². The molecule has 0 saturated heterocycles. The summed E-state index contributed by atoms with van der Waals surface area (Å²) < 4.78 is 0. The molecule has 0 spiro atoms. The van der Waals surface area contributed by atoms with E-state index in [1.807, 2.05) is 6.92 Å². The molecule has 15 heavy (non-hydrogen) atoms. The molecule has 0 aromatic heterocycles. The standard InChI is InChI=1S/C14H22O/c1-10-7-6-8-14(4,5)13(10)9-11(2)12(3)15/h7,9,13H,6,8H2,1-5H3/b11-9-/t13-/m1/s1. The van der Waals surface area contributed by atoms with Gasteiger partial charge in [-0.15, -0.1) is 0 Å². The van der Waals surface area contributed by atoms with Crippen LogP contribution in [0.2, 0.25) is 0 Å². The Morgan fingerprint density at radius 1 is 1.47 bits per heavy atom. The van der Waals surface area contributed by atoms with Crippen LogP contribution >= 0.6 is 0 Å². The maximum absolute atomic E-state index is 11.2. The summed E-state index contributed by atoms with van der Waals surface area (Å²) in [5.41, 5.74) is 2.59. The molecule has 0 saturated carbocycles. The molecule has 1 nitrogen and oxygen atoms in total. The molecule has 1 rings (SSSR count). The molecule has 0 fully saturated rings. The van der Waals surface area contributed by atoms with E-state index in [0.717, 1.165) is 5.57 Å². The molecule has 0 heterocycles. The zero-order valence-corrected chi connectivity index (χ0v) is 10.6. The van der Waals surface area contributed by atoms with Gasteiger partial charge in [-0.25, -0.2) is 0 Å². The van der Waals surface area contributed by atoms with Crippen molar-refractivity contribution in [1.82, 2.24) is 0 Å². The molecule has 0 aliphatic heterocycles. The summed E-state index contributed by atoms with van der Waals surface area (Å²) in [6.45, 7) is 10.3. The minimum atomic E-state index is 0.184. The molecule has 1 aliphatic rings. The molecule has 1 heteroatoms. The fraction of sp³-hybridized carbons (Fsp3) is 0.643. The summed E-state index contributed by atoms with van der Waals surface area (Å²) in [5, 5.41) is 0. The van der Waals surface area contributed by atoms with Gasteiger partial charge in [0.05, 0.1) is 0 Å². The summed E-state index contributed by atoms with van der Waals surface area (Å²) in [5.74, 6) is 0.610. The first-order valence-corrected chi connectivity index (χ1v) is 5.70. The van der Waals surface area contributed by atoms with E-state index in [0.29, 0.717) is 5.92 Å². The molecular weight excluding hydrogens is 184 g/mol. The smallest absolute Gasteiger partial charge is 0.155 e. The molecular formula is C14H22O. The van der Waals surface area contributed by atoms with Crippen LogP contribution in [0.5, 0.6) is 0 Å². The van der Waals surface area contributed by atoms with Crippen LogP contribution in [0.25, 0.3) is 0 Å². The van der Waals surface area contributed by atoms with E-state index < -0.39 is 0 Å². The summed E-state index contributed by atoms with van der Waals surface area (Å²) in [4.78, 5) is 11.2. The van der Waals surface area contributed by atoms with Crippen LogP contribution in [-0.4, -0.2) is 5.78 Å². The summed E-state index contributed by atoms with van der Waals surface area (Å²) in [6.07, 6.45) is 6.83. The Morgan fingerprint density at radius 3 is 2.53 bits per heavy atom. The Hall–Kier alpha value is -0.850. The summed E-state index contributed by atoms with van der Waals surface area (Å²) in [7, 11) is 0. The van der Waals surface area contributed by atoms with Gasteiger partial charge in [0.25, 0.3) is 0 Å². The zero-order chi connectivity index (χ0) is 11.6. The minimum Gasteiger partial charge on any atom is -0.295 e. The van der Waals surface area contributed by atoms with Gasteiger partial charge in [-0.2, -0.15) is 0 Å². The number of Topliss-reactive ketones (excluding diaryl/α,β-unsaturated/α-hetero) is 1. The van der Waals surface area contributed by atoms with Crippen LogP contribution in [0, 0.1) is 11.3 Å². The van der Waals surface area contributed by atoms with E-state index in [1.54, 1.807) is 6.92 Å². The Kier molecular flexibility index (Phi) is 3.54. The predicted octanol–water partition coefficient (Wildman–Crippen LogP) is 3.90. The van der Waals surface area contributed by atoms with Gasteiger partial charge >= 0.3 is 0 Å². The predicted molar refractivity (Wildman–Crippen MR) is 64.7 cm³/mol. The summed E-state index contributed by atoms with van der Waals surface area (Å²) in [6, 6.07) is 0. The van der Waals surface area contributed by atoms with Gasteiger partial charge in [-0.05, 0) is 44.6 Å². The van der Waals surface area contributed by atoms with E-state index in [1.165, 1.54) is 18.4 Å². The van der Waals surface area contributed by atoms with Crippen LogP contribution < -0.4 is 0 Å². The Balaban J connectivity index is 3.00. The lowest BCUT2D eigenvalue weighted by molar-refractivity contribution is -0.113. The van der Waals surface area contributed by atoms with Crippen LogP contribution in [0.3, 0.4) is 0 Å². The third kappa shape index (κ3) is 2.80. The molecule has 0 aromatic rings. The van der Waals surface area contributed by atoms with Crippen molar-refractivity contribution < 1.29 is 4.79 Å². The second kappa shape index (κ2) is 4.34. The first kappa shape index (κ1) is 12.2. The van der Waals surface area contributed by atoms with Gasteiger partial charge in [0.2, 0.25) is 0 Å². The van der Waals surface area contributed by atoms with Crippen molar-refractivity contribution in [3.63, 3.8) is 0 Å². The van der Waals surface area contributed by atoms with Crippen molar-refractivity contribution in [1.29, 1.82) is 0 Å². The third-order valence-electron chi connectivity index (χ3n) is 3.56. The number of allylic oxidation sites excluding steroid dienone is 4. The Morgan fingerprint density at radius 2 is 2.07 bits per heavy atom. The Labute approximate surface area is 93.3 Å². The molecule has 0 bridgehead atoms. The second-order valence-corrected chi connectivity index (χ2v) is 5.36. The maximum Gasteiger partial charge on any atom is 0.155 e. The van der Waals surface area contributed by atoms with Crippen molar-refractivity contribution in [2.75, 3.05) is 0 Å². The van der Waals surface area contributed by atoms with Gasteiger partial charge in [0.15, 0.2) is 5.78 Å².